The van der Waals surface area contributed by atoms with Gasteiger partial charge in [-0.15, -0.1) is 10.2 Å². The highest BCUT2D eigenvalue weighted by atomic mass is 35.5. The summed E-state index contributed by atoms with van der Waals surface area (Å²) in [4.78, 5) is 15.8. The minimum atomic E-state index is -0.482. The molecule has 0 saturated carbocycles. The maximum absolute atomic E-state index is 12.0. The summed E-state index contributed by atoms with van der Waals surface area (Å²) in [6.45, 7) is 7.51. The monoisotopic (exact) mass is 449 g/mol. The standard InChI is InChI=1S/C22H32ClN5O3/c1-22(2,3)31-21(29)28(5)13-6-12-27(4)17-9-7-16(8-10-17)11-14-30-18-15-19(23)25-26-20(18)24/h7-10,15H,6,11-14H2,1-5H3,(H2,24,26). The molecular formula is C22H32ClN5O3. The van der Waals surface area contributed by atoms with Crippen LogP contribution < -0.4 is 15.4 Å². The quantitative estimate of drug-likeness (QED) is 0.617. The van der Waals surface area contributed by atoms with Gasteiger partial charge >= 0.3 is 6.09 Å². The minimum absolute atomic E-state index is 0.221. The van der Waals surface area contributed by atoms with E-state index in [0.717, 1.165) is 30.6 Å². The van der Waals surface area contributed by atoms with Gasteiger partial charge < -0.3 is 25.0 Å². The highest BCUT2D eigenvalue weighted by Gasteiger charge is 2.19. The van der Waals surface area contributed by atoms with E-state index in [4.69, 9.17) is 26.8 Å². The fourth-order valence-electron chi connectivity index (χ4n) is 2.78. The van der Waals surface area contributed by atoms with E-state index in [1.165, 1.54) is 0 Å². The number of hydrogen-bond acceptors (Lipinski definition) is 7. The Labute approximate surface area is 189 Å². The number of hydrogen-bond donors (Lipinski definition) is 1. The number of rotatable bonds is 9. The van der Waals surface area contributed by atoms with Gasteiger partial charge in [-0.3, -0.25) is 0 Å². The van der Waals surface area contributed by atoms with Crippen molar-refractivity contribution in [2.75, 3.05) is 44.4 Å². The number of amides is 1. The van der Waals surface area contributed by atoms with Crippen molar-refractivity contribution in [1.82, 2.24) is 15.1 Å². The normalized spacial score (nSPS) is 11.2. The lowest BCUT2D eigenvalue weighted by Gasteiger charge is -2.25. The number of aromatic nitrogens is 2. The Morgan fingerprint density at radius 2 is 1.81 bits per heavy atom. The van der Waals surface area contributed by atoms with Crippen molar-refractivity contribution >= 4 is 29.2 Å². The number of nitrogens with zero attached hydrogens (tertiary/aromatic N) is 4. The van der Waals surface area contributed by atoms with E-state index < -0.39 is 5.60 Å². The Morgan fingerprint density at radius 1 is 1.13 bits per heavy atom. The molecule has 0 fully saturated rings. The summed E-state index contributed by atoms with van der Waals surface area (Å²) < 4.78 is 11.0. The Kier molecular flexibility index (Phi) is 8.74. The number of halogens is 1. The van der Waals surface area contributed by atoms with Crippen LogP contribution in [0, 0.1) is 0 Å². The number of nitrogen functional groups attached to an aromatic ring is 1. The summed E-state index contributed by atoms with van der Waals surface area (Å²) in [6.07, 6.45) is 1.27. The van der Waals surface area contributed by atoms with Crippen LogP contribution in [-0.2, 0) is 11.2 Å². The van der Waals surface area contributed by atoms with Crippen LogP contribution in [0.3, 0.4) is 0 Å². The van der Waals surface area contributed by atoms with Crippen LogP contribution >= 0.6 is 11.6 Å². The molecule has 1 aromatic carbocycles. The first kappa shape index (κ1) is 24.5. The van der Waals surface area contributed by atoms with Crippen molar-refractivity contribution in [3.05, 3.63) is 41.0 Å². The zero-order chi connectivity index (χ0) is 23.0. The average Bonchev–Trinajstić information content (AvgIpc) is 2.69. The second-order valence-corrected chi connectivity index (χ2v) is 8.75. The molecule has 1 amide bonds. The summed E-state index contributed by atoms with van der Waals surface area (Å²) in [7, 11) is 3.79. The first-order valence-electron chi connectivity index (χ1n) is 10.2. The van der Waals surface area contributed by atoms with Gasteiger partial charge in [0.15, 0.2) is 16.7 Å². The maximum atomic E-state index is 12.0. The van der Waals surface area contributed by atoms with Crippen molar-refractivity contribution in [3.63, 3.8) is 0 Å². The topological polar surface area (TPSA) is 93.8 Å². The Balaban J connectivity index is 1.75. The Hall–Kier alpha value is -2.74. The van der Waals surface area contributed by atoms with Gasteiger partial charge in [-0.1, -0.05) is 23.7 Å². The highest BCUT2D eigenvalue weighted by molar-refractivity contribution is 6.29. The first-order valence-corrected chi connectivity index (χ1v) is 10.6. The number of anilines is 2. The molecule has 0 aliphatic heterocycles. The van der Waals surface area contributed by atoms with Gasteiger partial charge in [-0.25, -0.2) is 4.79 Å². The van der Waals surface area contributed by atoms with Crippen molar-refractivity contribution in [2.45, 2.75) is 39.2 Å². The number of ether oxygens (including phenoxy) is 2. The molecule has 2 N–H and O–H groups in total. The minimum Gasteiger partial charge on any atom is -0.489 e. The van der Waals surface area contributed by atoms with Crippen molar-refractivity contribution in [3.8, 4) is 5.75 Å². The third-order valence-electron chi connectivity index (χ3n) is 4.47. The Bertz CT molecular complexity index is 855. The van der Waals surface area contributed by atoms with Crippen LogP contribution in [0.2, 0.25) is 5.15 Å². The molecule has 0 saturated heterocycles. The lowest BCUT2D eigenvalue weighted by atomic mass is 10.1. The van der Waals surface area contributed by atoms with Gasteiger partial charge in [0, 0.05) is 45.4 Å². The fourth-order valence-corrected chi connectivity index (χ4v) is 2.92. The van der Waals surface area contributed by atoms with Gasteiger partial charge in [0.05, 0.1) is 6.61 Å². The van der Waals surface area contributed by atoms with Crippen LogP contribution in [0.5, 0.6) is 5.75 Å². The molecule has 2 rings (SSSR count). The van der Waals surface area contributed by atoms with Gasteiger partial charge in [0.25, 0.3) is 0 Å². The first-order chi connectivity index (χ1) is 14.5. The van der Waals surface area contributed by atoms with Crippen LogP contribution in [0.1, 0.15) is 32.8 Å². The maximum Gasteiger partial charge on any atom is 0.410 e. The highest BCUT2D eigenvalue weighted by Crippen LogP contribution is 2.21. The molecule has 0 aliphatic carbocycles. The van der Waals surface area contributed by atoms with E-state index >= 15 is 0 Å². The summed E-state index contributed by atoms with van der Waals surface area (Å²) in [5.74, 6) is 0.659. The van der Waals surface area contributed by atoms with Crippen molar-refractivity contribution < 1.29 is 14.3 Å². The fraction of sp³-hybridized carbons (Fsp3) is 0.500. The molecule has 1 heterocycles. The molecule has 8 nitrogen and oxygen atoms in total. The van der Waals surface area contributed by atoms with E-state index in [0.29, 0.717) is 18.9 Å². The zero-order valence-corrected chi connectivity index (χ0v) is 19.6. The lowest BCUT2D eigenvalue weighted by molar-refractivity contribution is 0.0298. The lowest BCUT2D eigenvalue weighted by Crippen LogP contribution is -2.35. The molecule has 9 heteroatoms. The number of nitrogens with two attached hydrogens (primary N) is 1. The third kappa shape index (κ3) is 8.49. The van der Waals surface area contributed by atoms with Gasteiger partial charge in [0.1, 0.15) is 5.60 Å². The molecule has 0 spiro atoms. The van der Waals surface area contributed by atoms with Gasteiger partial charge in [0.2, 0.25) is 0 Å². The number of benzene rings is 1. The van der Waals surface area contributed by atoms with Gasteiger partial charge in [-0.2, -0.15) is 0 Å². The summed E-state index contributed by atoms with van der Waals surface area (Å²) >= 11 is 5.81. The van der Waals surface area contributed by atoms with Gasteiger partial charge in [-0.05, 0) is 44.9 Å². The molecule has 0 aliphatic rings. The van der Waals surface area contributed by atoms with Crippen LogP contribution in [0.25, 0.3) is 0 Å². The Morgan fingerprint density at radius 3 is 2.45 bits per heavy atom. The molecule has 0 atom stereocenters. The predicted molar refractivity (Wildman–Crippen MR) is 124 cm³/mol. The van der Waals surface area contributed by atoms with E-state index in [9.17, 15) is 4.79 Å². The van der Waals surface area contributed by atoms with E-state index in [2.05, 4.69) is 39.4 Å². The molecule has 1 aromatic heterocycles. The average molecular weight is 450 g/mol. The molecule has 0 unspecified atom stereocenters. The molecule has 0 radical (unpaired) electrons. The van der Waals surface area contributed by atoms with Crippen molar-refractivity contribution in [2.24, 2.45) is 0 Å². The SMILES string of the molecule is CN(CCCN(C)c1ccc(CCOc2cc(Cl)nnc2N)cc1)C(=O)OC(C)(C)C. The van der Waals surface area contributed by atoms with E-state index in [-0.39, 0.29) is 17.1 Å². The summed E-state index contributed by atoms with van der Waals surface area (Å²) in [6, 6.07) is 9.85. The van der Waals surface area contributed by atoms with Crippen molar-refractivity contribution in [1.29, 1.82) is 0 Å². The molecule has 170 valence electrons. The second-order valence-electron chi connectivity index (χ2n) is 8.36. The van der Waals surface area contributed by atoms with Crippen LogP contribution in [0.4, 0.5) is 16.3 Å². The number of carbonyl (C=O) groups is 1. The molecular weight excluding hydrogens is 418 g/mol. The summed E-state index contributed by atoms with van der Waals surface area (Å²) in [5.41, 5.74) is 7.51. The predicted octanol–water partition coefficient (Wildman–Crippen LogP) is 4.03. The number of carbonyl (C=O) groups excluding carboxylic acids is 1. The van der Waals surface area contributed by atoms with Crippen LogP contribution in [0.15, 0.2) is 30.3 Å². The third-order valence-corrected chi connectivity index (χ3v) is 4.66. The van der Waals surface area contributed by atoms with E-state index in [1.54, 1.807) is 18.0 Å². The molecule has 0 bridgehead atoms. The largest absolute Gasteiger partial charge is 0.489 e. The van der Waals surface area contributed by atoms with Crippen LogP contribution in [-0.4, -0.2) is 60.6 Å². The molecule has 31 heavy (non-hydrogen) atoms. The smallest absolute Gasteiger partial charge is 0.410 e. The second kappa shape index (κ2) is 11.0. The van der Waals surface area contributed by atoms with E-state index in [1.807, 2.05) is 27.8 Å². The molecule has 2 aromatic rings. The summed E-state index contributed by atoms with van der Waals surface area (Å²) in [5, 5.41) is 7.64. The zero-order valence-electron chi connectivity index (χ0n) is 18.9.